The Kier molecular flexibility index (Phi) is 2.80. The average Bonchev–Trinajstić information content (AvgIpc) is 3.00. The molecule has 3 rings (SSSR count). The fraction of sp³-hybridized carbons (Fsp3) is 0.273. The predicted molar refractivity (Wildman–Crippen MR) is 72.7 cm³/mol. The minimum absolute atomic E-state index is 0.455. The van der Waals surface area contributed by atoms with E-state index in [0.29, 0.717) is 27.7 Å². The Bertz CT molecular complexity index is 859. The number of nitrogens with zero attached hydrogens (tertiary/aromatic N) is 7. The van der Waals surface area contributed by atoms with E-state index in [4.69, 9.17) is 6.57 Å². The molecule has 1 N–H and O–H groups in total. The Labute approximate surface area is 118 Å². The van der Waals surface area contributed by atoms with Crippen LogP contribution in [-0.2, 0) is 7.05 Å². The molecule has 0 aromatic carbocycles. The molecule has 0 atom stereocenters. The van der Waals surface area contributed by atoms with Crippen molar-refractivity contribution in [2.45, 2.75) is 13.8 Å². The highest BCUT2D eigenvalue weighted by atomic mass is 32.1. The number of aromatic amines is 1. The highest BCUT2D eigenvalue weighted by Gasteiger charge is 2.19. The molecule has 0 unspecified atom stereocenters. The zero-order valence-electron chi connectivity index (χ0n) is 11.1. The molecule has 3 aromatic heterocycles. The Balaban J connectivity index is 2.06. The summed E-state index contributed by atoms with van der Waals surface area (Å²) in [5.74, 6) is 0. The van der Waals surface area contributed by atoms with Gasteiger partial charge < -0.3 is 0 Å². The van der Waals surface area contributed by atoms with Gasteiger partial charge in [0.05, 0.1) is 30.1 Å². The molecule has 0 radical (unpaired) electrons. The monoisotopic (exact) mass is 287 g/mol. The second kappa shape index (κ2) is 4.50. The van der Waals surface area contributed by atoms with Gasteiger partial charge in [-0.25, -0.2) is 14.3 Å². The summed E-state index contributed by atoms with van der Waals surface area (Å²) in [6.07, 6.45) is 1.81. The maximum absolute atomic E-state index is 7.14. The molecule has 0 saturated heterocycles. The maximum atomic E-state index is 7.14. The van der Waals surface area contributed by atoms with E-state index in [1.165, 1.54) is 11.5 Å². The molecular weight excluding hydrogens is 276 g/mol. The first-order valence-corrected chi connectivity index (χ1v) is 6.56. The molecular formula is C11H11N8S+. The summed E-state index contributed by atoms with van der Waals surface area (Å²) in [6, 6.07) is 0. The van der Waals surface area contributed by atoms with E-state index in [9.17, 15) is 0 Å². The largest absolute Gasteiger partial charge is 0.353 e. The highest BCUT2D eigenvalue weighted by Crippen LogP contribution is 2.37. The van der Waals surface area contributed by atoms with Crippen molar-refractivity contribution in [3.05, 3.63) is 29.1 Å². The first-order chi connectivity index (χ1) is 9.60. The van der Waals surface area contributed by atoms with Crippen LogP contribution in [0.1, 0.15) is 11.4 Å². The number of aromatic nitrogens is 5. The van der Waals surface area contributed by atoms with Crippen molar-refractivity contribution < 1.29 is 4.52 Å². The van der Waals surface area contributed by atoms with Gasteiger partial charge in [-0.1, -0.05) is 0 Å². The number of hydrogen-bond donors (Lipinski definition) is 1. The first kappa shape index (κ1) is 12.4. The van der Waals surface area contributed by atoms with Gasteiger partial charge in [0.15, 0.2) is 10.7 Å². The van der Waals surface area contributed by atoms with Gasteiger partial charge in [0.25, 0.3) is 0 Å². The van der Waals surface area contributed by atoms with Crippen LogP contribution in [0.2, 0.25) is 0 Å². The number of H-pyrrole nitrogens is 1. The average molecular weight is 287 g/mol. The molecule has 0 aliphatic carbocycles. The van der Waals surface area contributed by atoms with Crippen LogP contribution in [-0.4, -0.2) is 19.3 Å². The Morgan fingerprint density at radius 1 is 1.45 bits per heavy atom. The summed E-state index contributed by atoms with van der Waals surface area (Å²) >= 11 is 1.17. The molecule has 20 heavy (non-hydrogen) atoms. The van der Waals surface area contributed by atoms with Gasteiger partial charge in [0, 0.05) is 0 Å². The number of fused-ring (bicyclic) bond motifs is 1. The van der Waals surface area contributed by atoms with Gasteiger partial charge >= 0.3 is 5.65 Å². The van der Waals surface area contributed by atoms with Crippen LogP contribution in [0.3, 0.4) is 0 Å². The maximum Gasteiger partial charge on any atom is 0.353 e. The SMILES string of the molecule is [C-]#[N+]c1c(C)nsc1N=Nc1c(C)[nH][n+]2cn(C)nc12. The normalized spacial score (nSPS) is 11.5. The van der Waals surface area contributed by atoms with E-state index in [0.717, 1.165) is 5.69 Å². The van der Waals surface area contributed by atoms with Crippen molar-refractivity contribution in [2.24, 2.45) is 17.3 Å². The van der Waals surface area contributed by atoms with Gasteiger partial charge in [-0.2, -0.15) is 0 Å². The second-order valence-corrected chi connectivity index (χ2v) is 5.05. The summed E-state index contributed by atoms with van der Waals surface area (Å²) in [4.78, 5) is 3.43. The molecule has 3 heterocycles. The summed E-state index contributed by atoms with van der Waals surface area (Å²) in [5.41, 5.74) is 3.35. The molecule has 9 heteroatoms. The number of aryl methyl sites for hydroxylation is 3. The molecule has 0 aliphatic heterocycles. The summed E-state index contributed by atoms with van der Waals surface area (Å²) in [7, 11) is 1.83. The molecule has 0 aliphatic rings. The smallest absolute Gasteiger partial charge is 0.246 e. The van der Waals surface area contributed by atoms with Gasteiger partial charge in [0.2, 0.25) is 12.0 Å². The van der Waals surface area contributed by atoms with E-state index in [-0.39, 0.29) is 0 Å². The van der Waals surface area contributed by atoms with E-state index in [1.54, 1.807) is 16.1 Å². The lowest BCUT2D eigenvalue weighted by Gasteiger charge is -1.87. The molecule has 0 bridgehead atoms. The topological polar surface area (TPSA) is 79.7 Å². The van der Waals surface area contributed by atoms with E-state index < -0.39 is 0 Å². The standard InChI is InChI=1S/C11H11N8S/c1-6-8(10-16-18(4)5-19(10)15-6)13-14-11-9(12-3)7(2)17-20-11/h5,15H,1-2,4H3/q+1. The van der Waals surface area contributed by atoms with E-state index >= 15 is 0 Å². The first-order valence-electron chi connectivity index (χ1n) is 5.79. The van der Waals surface area contributed by atoms with Crippen LogP contribution < -0.4 is 4.52 Å². The third-order valence-corrected chi connectivity index (χ3v) is 3.60. The van der Waals surface area contributed by atoms with E-state index in [1.807, 2.05) is 20.3 Å². The van der Waals surface area contributed by atoms with Gasteiger partial charge in [-0.05, 0) is 25.4 Å². The molecule has 0 fully saturated rings. The quantitative estimate of drug-likeness (QED) is 0.446. The summed E-state index contributed by atoms with van der Waals surface area (Å²) < 4.78 is 7.58. The lowest BCUT2D eigenvalue weighted by Crippen LogP contribution is -2.19. The predicted octanol–water partition coefficient (Wildman–Crippen LogP) is 2.53. The molecule has 0 saturated carbocycles. The fourth-order valence-electron chi connectivity index (χ4n) is 1.85. The molecule has 0 spiro atoms. The van der Waals surface area contributed by atoms with Gasteiger partial charge in [-0.15, -0.1) is 19.4 Å². The van der Waals surface area contributed by atoms with Gasteiger partial charge in [0.1, 0.15) is 0 Å². The number of hydrogen-bond acceptors (Lipinski definition) is 5. The van der Waals surface area contributed by atoms with Crippen molar-refractivity contribution in [1.29, 1.82) is 0 Å². The molecule has 0 amide bonds. The Morgan fingerprint density at radius 2 is 2.25 bits per heavy atom. The van der Waals surface area contributed by atoms with Crippen molar-refractivity contribution in [2.75, 3.05) is 0 Å². The van der Waals surface area contributed by atoms with Crippen LogP contribution in [0.4, 0.5) is 16.4 Å². The third-order valence-electron chi connectivity index (χ3n) is 2.79. The van der Waals surface area contributed by atoms with Crippen LogP contribution in [0.5, 0.6) is 0 Å². The van der Waals surface area contributed by atoms with Gasteiger partial charge in [-0.3, -0.25) is 0 Å². The van der Waals surface area contributed by atoms with Crippen molar-refractivity contribution >= 4 is 33.6 Å². The molecule has 3 aromatic rings. The Hall–Kier alpha value is -2.60. The van der Waals surface area contributed by atoms with E-state index in [2.05, 4.69) is 29.6 Å². The fourth-order valence-corrected chi connectivity index (χ4v) is 2.52. The zero-order chi connectivity index (χ0) is 14.3. The minimum Gasteiger partial charge on any atom is -0.246 e. The second-order valence-electron chi connectivity index (χ2n) is 4.30. The van der Waals surface area contributed by atoms with Crippen LogP contribution >= 0.6 is 11.5 Å². The van der Waals surface area contributed by atoms with Crippen LogP contribution in [0, 0.1) is 20.4 Å². The number of rotatable bonds is 2. The molecule has 8 nitrogen and oxygen atoms in total. The lowest BCUT2D eigenvalue weighted by molar-refractivity contribution is -0.578. The summed E-state index contributed by atoms with van der Waals surface area (Å²) in [6.45, 7) is 10.8. The molecule has 100 valence electrons. The lowest BCUT2D eigenvalue weighted by atomic mass is 10.4. The Morgan fingerprint density at radius 3 is 3.00 bits per heavy atom. The van der Waals surface area contributed by atoms with Crippen molar-refractivity contribution in [3.63, 3.8) is 0 Å². The number of nitrogens with one attached hydrogen (secondary N) is 1. The third kappa shape index (κ3) is 1.86. The zero-order valence-corrected chi connectivity index (χ0v) is 11.9. The van der Waals surface area contributed by atoms with Crippen LogP contribution in [0.25, 0.3) is 10.5 Å². The summed E-state index contributed by atoms with van der Waals surface area (Å²) in [5, 5.41) is 16.3. The minimum atomic E-state index is 0.455. The highest BCUT2D eigenvalue weighted by molar-refractivity contribution is 7.10. The van der Waals surface area contributed by atoms with Crippen molar-refractivity contribution in [1.82, 2.24) is 19.3 Å². The van der Waals surface area contributed by atoms with Crippen LogP contribution in [0.15, 0.2) is 16.6 Å². The number of azo groups is 1. The van der Waals surface area contributed by atoms with Crippen molar-refractivity contribution in [3.8, 4) is 0 Å².